The standard InChI is InChI=1S/C24H38N2O4/c1-24(2,3)30-22(27)21(26-17-19-11-6-4-7-12-19)15-10-16-25-23(28)29-18-20-13-8-5-9-14-20/h5,8-9,13-14,19,21,26H,4,6-7,10-12,15-18H2,1-3H3,(H,25,28)/t21-/m0/s1. The maximum absolute atomic E-state index is 12.6. The Balaban J connectivity index is 1.72. The van der Waals surface area contributed by atoms with Gasteiger partial charge in [-0.15, -0.1) is 0 Å². The third-order valence-electron chi connectivity index (χ3n) is 5.22. The molecule has 0 spiro atoms. The highest BCUT2D eigenvalue weighted by atomic mass is 16.6. The number of esters is 1. The van der Waals surface area contributed by atoms with Crippen molar-refractivity contribution in [3.8, 4) is 0 Å². The van der Waals surface area contributed by atoms with Crippen LogP contribution in [-0.2, 0) is 20.9 Å². The van der Waals surface area contributed by atoms with Crippen molar-refractivity contribution >= 4 is 12.1 Å². The molecule has 30 heavy (non-hydrogen) atoms. The number of carbonyl (C=O) groups excluding carboxylic acids is 2. The van der Waals surface area contributed by atoms with E-state index in [1.165, 1.54) is 32.1 Å². The number of ether oxygens (including phenoxy) is 2. The first-order chi connectivity index (χ1) is 14.3. The molecule has 1 atom stereocenters. The highest BCUT2D eigenvalue weighted by Gasteiger charge is 2.26. The van der Waals surface area contributed by atoms with E-state index in [0.717, 1.165) is 12.1 Å². The fourth-order valence-electron chi connectivity index (χ4n) is 3.65. The Morgan fingerprint density at radius 2 is 1.80 bits per heavy atom. The van der Waals surface area contributed by atoms with Gasteiger partial charge in [0.05, 0.1) is 0 Å². The average Bonchev–Trinajstić information content (AvgIpc) is 2.72. The van der Waals surface area contributed by atoms with Gasteiger partial charge in [-0.3, -0.25) is 4.79 Å². The highest BCUT2D eigenvalue weighted by Crippen LogP contribution is 2.23. The summed E-state index contributed by atoms with van der Waals surface area (Å²) >= 11 is 0. The zero-order valence-electron chi connectivity index (χ0n) is 18.7. The van der Waals surface area contributed by atoms with Crippen molar-refractivity contribution < 1.29 is 19.1 Å². The van der Waals surface area contributed by atoms with Crippen molar-refractivity contribution in [2.45, 2.75) is 84.0 Å². The molecular weight excluding hydrogens is 380 g/mol. The number of rotatable bonds is 10. The van der Waals surface area contributed by atoms with Gasteiger partial charge < -0.3 is 20.1 Å². The van der Waals surface area contributed by atoms with E-state index in [1.54, 1.807) is 0 Å². The van der Waals surface area contributed by atoms with Crippen molar-refractivity contribution in [2.75, 3.05) is 13.1 Å². The molecule has 6 heteroatoms. The number of hydrogen-bond acceptors (Lipinski definition) is 5. The lowest BCUT2D eigenvalue weighted by atomic mass is 9.89. The number of hydrogen-bond donors (Lipinski definition) is 2. The van der Waals surface area contributed by atoms with Gasteiger partial charge in [0.25, 0.3) is 0 Å². The van der Waals surface area contributed by atoms with Crippen molar-refractivity contribution in [3.63, 3.8) is 0 Å². The molecular formula is C24H38N2O4. The summed E-state index contributed by atoms with van der Waals surface area (Å²) < 4.78 is 10.8. The van der Waals surface area contributed by atoms with Gasteiger partial charge in [-0.05, 0) is 64.5 Å². The minimum atomic E-state index is -0.513. The van der Waals surface area contributed by atoms with E-state index in [-0.39, 0.29) is 18.6 Å². The zero-order valence-corrected chi connectivity index (χ0v) is 18.7. The minimum Gasteiger partial charge on any atom is -0.459 e. The highest BCUT2D eigenvalue weighted by molar-refractivity contribution is 5.76. The van der Waals surface area contributed by atoms with E-state index in [2.05, 4.69) is 10.6 Å². The van der Waals surface area contributed by atoms with Crippen LogP contribution in [0.3, 0.4) is 0 Å². The van der Waals surface area contributed by atoms with Crippen LogP contribution >= 0.6 is 0 Å². The molecule has 2 N–H and O–H groups in total. The molecule has 1 aliphatic rings. The molecule has 1 aromatic rings. The SMILES string of the molecule is CC(C)(C)OC(=O)[C@H](CCCNC(=O)OCc1ccccc1)NCC1CCCCC1. The average molecular weight is 419 g/mol. The Bertz CT molecular complexity index is 636. The maximum atomic E-state index is 12.6. The van der Waals surface area contributed by atoms with Crippen LogP contribution in [0.25, 0.3) is 0 Å². The second-order valence-corrected chi connectivity index (χ2v) is 9.13. The molecule has 0 aromatic heterocycles. The third-order valence-corrected chi connectivity index (χ3v) is 5.22. The van der Waals surface area contributed by atoms with Crippen LogP contribution in [0.5, 0.6) is 0 Å². The van der Waals surface area contributed by atoms with Crippen LogP contribution in [0.4, 0.5) is 4.79 Å². The fourth-order valence-corrected chi connectivity index (χ4v) is 3.65. The summed E-state index contributed by atoms with van der Waals surface area (Å²) in [7, 11) is 0. The predicted octanol–water partition coefficient (Wildman–Crippen LogP) is 4.57. The second kappa shape index (κ2) is 12.6. The summed E-state index contributed by atoms with van der Waals surface area (Å²) in [5.41, 5.74) is 0.436. The van der Waals surface area contributed by atoms with Gasteiger partial charge in [0.1, 0.15) is 18.2 Å². The summed E-state index contributed by atoms with van der Waals surface area (Å²) in [6.45, 7) is 7.19. The van der Waals surface area contributed by atoms with E-state index in [9.17, 15) is 9.59 Å². The maximum Gasteiger partial charge on any atom is 0.407 e. The molecule has 1 aliphatic carbocycles. The molecule has 2 rings (SSSR count). The van der Waals surface area contributed by atoms with Gasteiger partial charge in [-0.1, -0.05) is 49.6 Å². The normalized spacial score (nSPS) is 16.0. The summed E-state index contributed by atoms with van der Waals surface area (Å²) in [5.74, 6) is 0.416. The molecule has 1 fully saturated rings. The summed E-state index contributed by atoms with van der Waals surface area (Å²) in [5, 5.41) is 6.19. The monoisotopic (exact) mass is 418 g/mol. The van der Waals surface area contributed by atoms with E-state index in [4.69, 9.17) is 9.47 Å². The molecule has 1 aromatic carbocycles. The molecule has 0 heterocycles. The minimum absolute atomic E-state index is 0.218. The van der Waals surface area contributed by atoms with E-state index >= 15 is 0 Å². The van der Waals surface area contributed by atoms with Crippen molar-refractivity contribution in [1.82, 2.24) is 10.6 Å². The molecule has 0 aliphatic heterocycles. The molecule has 0 bridgehead atoms. The first-order valence-electron chi connectivity index (χ1n) is 11.2. The van der Waals surface area contributed by atoms with Gasteiger partial charge >= 0.3 is 12.1 Å². The first kappa shape index (κ1) is 24.2. The van der Waals surface area contributed by atoms with Crippen LogP contribution in [-0.4, -0.2) is 36.8 Å². The summed E-state index contributed by atoms with van der Waals surface area (Å²) in [6.07, 6.45) is 7.16. The van der Waals surface area contributed by atoms with Crippen molar-refractivity contribution in [2.24, 2.45) is 5.92 Å². The summed E-state index contributed by atoms with van der Waals surface area (Å²) in [4.78, 5) is 24.5. The van der Waals surface area contributed by atoms with Crippen LogP contribution in [0.1, 0.15) is 71.3 Å². The molecule has 1 amide bonds. The lowest BCUT2D eigenvalue weighted by Gasteiger charge is -2.27. The molecule has 0 saturated heterocycles. The molecule has 0 unspecified atom stereocenters. The van der Waals surface area contributed by atoms with Gasteiger partial charge in [0, 0.05) is 6.54 Å². The first-order valence-corrected chi connectivity index (χ1v) is 11.2. The Morgan fingerprint density at radius 1 is 1.10 bits per heavy atom. The van der Waals surface area contributed by atoms with Crippen LogP contribution in [0.15, 0.2) is 30.3 Å². The fraction of sp³-hybridized carbons (Fsp3) is 0.667. The lowest BCUT2D eigenvalue weighted by Crippen LogP contribution is -2.43. The third kappa shape index (κ3) is 10.1. The Kier molecular flexibility index (Phi) is 10.1. The predicted molar refractivity (Wildman–Crippen MR) is 118 cm³/mol. The topological polar surface area (TPSA) is 76.7 Å². The lowest BCUT2D eigenvalue weighted by molar-refractivity contribution is -0.157. The molecule has 0 radical (unpaired) electrons. The van der Waals surface area contributed by atoms with Crippen LogP contribution < -0.4 is 10.6 Å². The van der Waals surface area contributed by atoms with E-state index in [1.807, 2.05) is 51.1 Å². The van der Waals surface area contributed by atoms with Crippen molar-refractivity contribution in [3.05, 3.63) is 35.9 Å². The van der Waals surface area contributed by atoms with E-state index in [0.29, 0.717) is 25.3 Å². The molecule has 6 nitrogen and oxygen atoms in total. The smallest absolute Gasteiger partial charge is 0.407 e. The second-order valence-electron chi connectivity index (χ2n) is 9.13. The quantitative estimate of drug-likeness (QED) is 0.430. The van der Waals surface area contributed by atoms with Gasteiger partial charge in [-0.2, -0.15) is 0 Å². The zero-order chi connectivity index (χ0) is 21.8. The Hall–Kier alpha value is -2.08. The van der Waals surface area contributed by atoms with Gasteiger partial charge in [0.15, 0.2) is 0 Å². The number of benzene rings is 1. The molecule has 1 saturated carbocycles. The summed E-state index contributed by atoms with van der Waals surface area (Å²) in [6, 6.07) is 9.22. The van der Waals surface area contributed by atoms with Gasteiger partial charge in [-0.25, -0.2) is 4.79 Å². The number of alkyl carbamates (subject to hydrolysis) is 1. The van der Waals surface area contributed by atoms with Crippen LogP contribution in [0.2, 0.25) is 0 Å². The Morgan fingerprint density at radius 3 is 2.47 bits per heavy atom. The Labute approximate surface area is 181 Å². The van der Waals surface area contributed by atoms with Crippen LogP contribution in [0, 0.1) is 5.92 Å². The van der Waals surface area contributed by atoms with Gasteiger partial charge in [0.2, 0.25) is 0 Å². The molecule has 168 valence electrons. The number of carbonyl (C=O) groups is 2. The van der Waals surface area contributed by atoms with E-state index < -0.39 is 11.7 Å². The number of nitrogens with one attached hydrogen (secondary N) is 2. The largest absolute Gasteiger partial charge is 0.459 e. The number of amides is 1. The van der Waals surface area contributed by atoms with Crippen molar-refractivity contribution in [1.29, 1.82) is 0 Å².